The number of amides is 3. The quantitative estimate of drug-likeness (QED) is 0.408. The van der Waals surface area contributed by atoms with E-state index < -0.39 is 29.2 Å². The highest BCUT2D eigenvalue weighted by molar-refractivity contribution is 5.91. The first-order valence-corrected chi connectivity index (χ1v) is 11.5. The van der Waals surface area contributed by atoms with Crippen molar-refractivity contribution in [2.24, 2.45) is 0 Å². The molecule has 0 spiro atoms. The number of unbranched alkanes of at least 4 members (excludes halogenated alkanes) is 1. The van der Waals surface area contributed by atoms with Crippen molar-refractivity contribution >= 4 is 17.9 Å². The molecule has 1 aromatic carbocycles. The van der Waals surface area contributed by atoms with Gasteiger partial charge < -0.3 is 20.3 Å². The topological polar surface area (TPSA) is 87.7 Å². The fourth-order valence-corrected chi connectivity index (χ4v) is 3.30. The maximum absolute atomic E-state index is 13.5. The van der Waals surface area contributed by atoms with Crippen molar-refractivity contribution in [2.75, 3.05) is 13.1 Å². The van der Waals surface area contributed by atoms with Gasteiger partial charge in [0.05, 0.1) is 0 Å². The second kappa shape index (κ2) is 12.3. The number of carbonyl (C=O) groups excluding carboxylic acids is 3. The summed E-state index contributed by atoms with van der Waals surface area (Å²) in [5.41, 5.74) is -0.275. The minimum atomic E-state index is -0.947. The maximum atomic E-state index is 13.5. The van der Waals surface area contributed by atoms with Crippen LogP contribution >= 0.6 is 0 Å². The van der Waals surface area contributed by atoms with E-state index in [0.717, 1.165) is 12.8 Å². The Kier molecular flexibility index (Phi) is 10.4. The second-order valence-corrected chi connectivity index (χ2v) is 9.56. The number of hydrogen-bond acceptors (Lipinski definition) is 4. The van der Waals surface area contributed by atoms with Crippen LogP contribution in [-0.2, 0) is 14.3 Å². The molecular weight excluding hydrogens is 418 g/mol. The molecule has 1 rings (SSSR count). The molecule has 0 bridgehead atoms. The van der Waals surface area contributed by atoms with Gasteiger partial charge in [0.2, 0.25) is 11.8 Å². The largest absolute Gasteiger partial charge is 0.444 e. The van der Waals surface area contributed by atoms with E-state index in [4.69, 9.17) is 11.2 Å². The third kappa shape index (κ3) is 8.45. The van der Waals surface area contributed by atoms with E-state index in [0.29, 0.717) is 24.1 Å². The normalized spacial score (nSPS) is 12.3. The summed E-state index contributed by atoms with van der Waals surface area (Å²) in [6.45, 7) is 13.2. The van der Waals surface area contributed by atoms with E-state index in [1.54, 1.807) is 45.0 Å². The Labute approximate surface area is 198 Å². The molecule has 0 heterocycles. The average molecular weight is 458 g/mol. The number of carbonyl (C=O) groups is 3. The lowest BCUT2D eigenvalue weighted by atomic mass is 9.91. The van der Waals surface area contributed by atoms with Crippen LogP contribution in [0.2, 0.25) is 0 Å². The van der Waals surface area contributed by atoms with Gasteiger partial charge >= 0.3 is 6.09 Å². The molecule has 0 saturated heterocycles. The Morgan fingerprint density at radius 1 is 1.09 bits per heavy atom. The number of alkyl carbamates (subject to hydrolysis) is 1. The van der Waals surface area contributed by atoms with Gasteiger partial charge in [0.1, 0.15) is 18.2 Å². The van der Waals surface area contributed by atoms with Gasteiger partial charge in [-0.3, -0.25) is 9.59 Å². The molecule has 0 aliphatic rings. The minimum Gasteiger partial charge on any atom is -0.444 e. The molecule has 182 valence electrons. The van der Waals surface area contributed by atoms with Crippen LogP contribution in [0, 0.1) is 12.3 Å². The van der Waals surface area contributed by atoms with Crippen LogP contribution in [0.1, 0.15) is 84.9 Å². The summed E-state index contributed by atoms with van der Waals surface area (Å²) in [7, 11) is 0. The zero-order chi connectivity index (χ0) is 25.2. The van der Waals surface area contributed by atoms with Crippen LogP contribution in [0.25, 0.3) is 0 Å². The van der Waals surface area contributed by atoms with Gasteiger partial charge in [-0.2, -0.15) is 0 Å². The molecule has 7 heteroatoms. The Hall–Kier alpha value is -3.01. The molecule has 3 amide bonds. The lowest BCUT2D eigenvalue weighted by molar-refractivity contribution is -0.146. The molecule has 7 nitrogen and oxygen atoms in total. The summed E-state index contributed by atoms with van der Waals surface area (Å²) < 4.78 is 5.25. The Balaban J connectivity index is 3.40. The van der Waals surface area contributed by atoms with Crippen LogP contribution < -0.4 is 10.6 Å². The number of nitrogens with zero attached hydrogens (tertiary/aromatic N) is 1. The summed E-state index contributed by atoms with van der Waals surface area (Å²) in [4.78, 5) is 40.6. The number of hydrogen-bond donors (Lipinski definition) is 2. The smallest absolute Gasteiger partial charge is 0.408 e. The SMILES string of the molecule is C#Cc1ccccc1C(C(=O)NCCCC)N(C(=O)CNC(=O)OC(C)(C)C)C(C)(C)CC. The second-order valence-electron chi connectivity index (χ2n) is 9.56. The number of nitrogens with one attached hydrogen (secondary N) is 2. The van der Waals surface area contributed by atoms with E-state index in [-0.39, 0.29) is 12.5 Å². The first-order valence-electron chi connectivity index (χ1n) is 11.5. The molecule has 2 N–H and O–H groups in total. The summed E-state index contributed by atoms with van der Waals surface area (Å²) in [6, 6.07) is 6.17. The number of terminal acetylenes is 1. The summed E-state index contributed by atoms with van der Waals surface area (Å²) in [6.07, 6.45) is 7.36. The standard InChI is InChI=1S/C26H39N3O4/c1-9-12-17-27-23(31)22(20-16-14-13-15-19(20)10-2)29(26(7,8)11-3)21(30)18-28-24(32)33-25(4,5)6/h2,13-16,22H,9,11-12,17-18H2,1,3-8H3,(H,27,31)(H,28,32). The molecule has 1 unspecified atom stereocenters. The van der Waals surface area contributed by atoms with Crippen LogP contribution in [0.5, 0.6) is 0 Å². The average Bonchev–Trinajstić information content (AvgIpc) is 2.74. The minimum absolute atomic E-state index is 0.307. The third-order valence-electron chi connectivity index (χ3n) is 5.32. The monoisotopic (exact) mass is 457 g/mol. The molecule has 1 aromatic rings. The Bertz CT molecular complexity index is 865. The van der Waals surface area contributed by atoms with Gasteiger partial charge in [-0.25, -0.2) is 4.79 Å². The van der Waals surface area contributed by atoms with Crippen molar-refractivity contribution in [1.29, 1.82) is 0 Å². The van der Waals surface area contributed by atoms with Crippen molar-refractivity contribution in [1.82, 2.24) is 15.5 Å². The molecule has 33 heavy (non-hydrogen) atoms. The van der Waals surface area contributed by atoms with Crippen LogP contribution in [0.4, 0.5) is 4.79 Å². The molecule has 1 atom stereocenters. The molecule has 0 aliphatic heterocycles. The van der Waals surface area contributed by atoms with Crippen molar-refractivity contribution in [3.8, 4) is 12.3 Å². The van der Waals surface area contributed by atoms with Gasteiger partial charge in [-0.1, -0.05) is 44.4 Å². The van der Waals surface area contributed by atoms with Gasteiger partial charge in [-0.15, -0.1) is 6.42 Å². The van der Waals surface area contributed by atoms with Gasteiger partial charge in [0, 0.05) is 17.6 Å². The molecule has 0 saturated carbocycles. The van der Waals surface area contributed by atoms with Crippen LogP contribution in [0.15, 0.2) is 24.3 Å². The first kappa shape index (κ1) is 28.0. The van der Waals surface area contributed by atoms with Crippen LogP contribution in [0.3, 0.4) is 0 Å². The van der Waals surface area contributed by atoms with Crippen molar-refractivity contribution in [2.45, 2.75) is 84.9 Å². The predicted molar refractivity (Wildman–Crippen MR) is 130 cm³/mol. The van der Waals surface area contributed by atoms with E-state index in [1.165, 1.54) is 4.90 Å². The van der Waals surface area contributed by atoms with Crippen molar-refractivity contribution in [3.63, 3.8) is 0 Å². The number of ether oxygens (including phenoxy) is 1. The highest BCUT2D eigenvalue weighted by Gasteiger charge is 2.40. The summed E-state index contributed by atoms with van der Waals surface area (Å²) in [5.74, 6) is 1.92. The van der Waals surface area contributed by atoms with E-state index >= 15 is 0 Å². The predicted octanol–water partition coefficient (Wildman–Crippen LogP) is 4.17. The van der Waals surface area contributed by atoms with Gasteiger partial charge in [0.25, 0.3) is 0 Å². The highest BCUT2D eigenvalue weighted by atomic mass is 16.6. The maximum Gasteiger partial charge on any atom is 0.408 e. The molecule has 0 aliphatic carbocycles. The zero-order valence-electron chi connectivity index (χ0n) is 21.1. The first-order chi connectivity index (χ1) is 15.4. The van der Waals surface area contributed by atoms with Crippen LogP contribution in [-0.4, -0.2) is 47.0 Å². The Morgan fingerprint density at radius 3 is 2.27 bits per heavy atom. The molecule has 0 aromatic heterocycles. The summed E-state index contributed by atoms with van der Waals surface area (Å²) in [5, 5.41) is 5.46. The van der Waals surface area contributed by atoms with Gasteiger partial charge in [0.15, 0.2) is 0 Å². The van der Waals surface area contributed by atoms with E-state index in [2.05, 4.69) is 16.6 Å². The third-order valence-corrected chi connectivity index (χ3v) is 5.32. The van der Waals surface area contributed by atoms with Crippen molar-refractivity contribution in [3.05, 3.63) is 35.4 Å². The molecule has 0 radical (unpaired) electrons. The molecular formula is C26H39N3O4. The van der Waals surface area contributed by atoms with E-state index in [9.17, 15) is 14.4 Å². The summed E-state index contributed by atoms with van der Waals surface area (Å²) >= 11 is 0. The lowest BCUT2D eigenvalue weighted by Crippen LogP contribution is -2.56. The molecule has 0 fully saturated rings. The van der Waals surface area contributed by atoms with Gasteiger partial charge in [-0.05, 0) is 59.1 Å². The van der Waals surface area contributed by atoms with E-state index in [1.807, 2.05) is 27.7 Å². The fraction of sp³-hybridized carbons (Fsp3) is 0.577. The highest BCUT2D eigenvalue weighted by Crippen LogP contribution is 2.32. The number of benzene rings is 1. The lowest BCUT2D eigenvalue weighted by Gasteiger charge is -2.43. The van der Waals surface area contributed by atoms with Crippen molar-refractivity contribution < 1.29 is 19.1 Å². The fourth-order valence-electron chi connectivity index (χ4n) is 3.30. The zero-order valence-corrected chi connectivity index (χ0v) is 21.1. The number of rotatable bonds is 10. The Morgan fingerprint density at radius 2 is 1.73 bits per heavy atom.